The number of anilines is 2. The fourth-order valence-electron chi connectivity index (χ4n) is 2.92. The standard InChI is InChI=1S/C19H20ClN3O3/c1-26-18(24)16-4-2-3-5-17(16)22-10-12-23(13-11-22)19(25)21-15-8-6-14(20)7-9-15/h2-9H,10-13H2,1H3,(H,21,25). The van der Waals surface area contributed by atoms with Gasteiger partial charge in [0.05, 0.1) is 18.4 Å². The van der Waals surface area contributed by atoms with Crippen LogP contribution in [0.25, 0.3) is 0 Å². The molecule has 0 atom stereocenters. The molecule has 1 N–H and O–H groups in total. The molecule has 0 radical (unpaired) electrons. The van der Waals surface area contributed by atoms with Crippen molar-refractivity contribution in [1.82, 2.24) is 4.90 Å². The summed E-state index contributed by atoms with van der Waals surface area (Å²) in [4.78, 5) is 28.2. The Balaban J connectivity index is 1.62. The second kappa shape index (κ2) is 8.10. The fourth-order valence-corrected chi connectivity index (χ4v) is 3.04. The Morgan fingerprint density at radius 2 is 1.65 bits per heavy atom. The first-order chi connectivity index (χ1) is 12.6. The van der Waals surface area contributed by atoms with Crippen molar-refractivity contribution in [3.63, 3.8) is 0 Å². The number of hydrogen-bond donors (Lipinski definition) is 1. The number of ether oxygens (including phenoxy) is 1. The Hall–Kier alpha value is -2.73. The molecule has 0 aromatic heterocycles. The van der Waals surface area contributed by atoms with Crippen molar-refractivity contribution < 1.29 is 14.3 Å². The quantitative estimate of drug-likeness (QED) is 0.837. The van der Waals surface area contributed by atoms with Gasteiger partial charge in [0.2, 0.25) is 0 Å². The van der Waals surface area contributed by atoms with E-state index in [2.05, 4.69) is 10.2 Å². The third-order valence-electron chi connectivity index (χ3n) is 4.31. The zero-order chi connectivity index (χ0) is 18.5. The molecule has 136 valence electrons. The van der Waals surface area contributed by atoms with E-state index in [1.54, 1.807) is 35.2 Å². The number of rotatable bonds is 3. The lowest BCUT2D eigenvalue weighted by Crippen LogP contribution is -2.50. The molecule has 0 unspecified atom stereocenters. The van der Waals surface area contributed by atoms with Crippen molar-refractivity contribution in [2.45, 2.75) is 0 Å². The monoisotopic (exact) mass is 373 g/mol. The maximum atomic E-state index is 12.4. The minimum atomic E-state index is -0.358. The van der Waals surface area contributed by atoms with Crippen molar-refractivity contribution >= 4 is 35.0 Å². The number of para-hydroxylation sites is 1. The van der Waals surface area contributed by atoms with Gasteiger partial charge >= 0.3 is 12.0 Å². The van der Waals surface area contributed by atoms with E-state index in [1.807, 2.05) is 18.2 Å². The van der Waals surface area contributed by atoms with Crippen LogP contribution in [0.1, 0.15) is 10.4 Å². The lowest BCUT2D eigenvalue weighted by molar-refractivity contribution is 0.0601. The topological polar surface area (TPSA) is 61.9 Å². The van der Waals surface area contributed by atoms with Crippen molar-refractivity contribution in [3.05, 3.63) is 59.1 Å². The summed E-state index contributed by atoms with van der Waals surface area (Å²) in [7, 11) is 1.37. The molecular formula is C19H20ClN3O3. The van der Waals surface area contributed by atoms with Gasteiger partial charge in [0.1, 0.15) is 0 Å². The lowest BCUT2D eigenvalue weighted by Gasteiger charge is -2.36. The van der Waals surface area contributed by atoms with Gasteiger partial charge in [0, 0.05) is 36.9 Å². The number of urea groups is 1. The molecule has 1 aliphatic heterocycles. The van der Waals surface area contributed by atoms with Gasteiger partial charge in [-0.1, -0.05) is 23.7 Å². The average Bonchev–Trinajstić information content (AvgIpc) is 2.69. The molecule has 1 fully saturated rings. The van der Waals surface area contributed by atoms with E-state index in [0.29, 0.717) is 42.5 Å². The zero-order valence-corrected chi connectivity index (χ0v) is 15.2. The van der Waals surface area contributed by atoms with Gasteiger partial charge in [-0.3, -0.25) is 0 Å². The molecule has 1 saturated heterocycles. The predicted octanol–water partition coefficient (Wildman–Crippen LogP) is 3.48. The van der Waals surface area contributed by atoms with Gasteiger partial charge in [0.15, 0.2) is 0 Å². The number of esters is 1. The molecule has 1 heterocycles. The number of halogens is 1. The van der Waals surface area contributed by atoms with Crippen LogP contribution in [-0.2, 0) is 4.74 Å². The third-order valence-corrected chi connectivity index (χ3v) is 4.56. The summed E-state index contributed by atoms with van der Waals surface area (Å²) in [6.07, 6.45) is 0. The molecule has 0 saturated carbocycles. The SMILES string of the molecule is COC(=O)c1ccccc1N1CCN(C(=O)Nc2ccc(Cl)cc2)CC1. The summed E-state index contributed by atoms with van der Waals surface area (Å²) in [5.41, 5.74) is 2.07. The predicted molar refractivity (Wildman–Crippen MR) is 102 cm³/mol. The Labute approximate surface area is 157 Å². The van der Waals surface area contributed by atoms with Crippen LogP contribution < -0.4 is 10.2 Å². The molecule has 6 nitrogen and oxygen atoms in total. The molecule has 2 aromatic rings. The summed E-state index contributed by atoms with van der Waals surface area (Å²) in [6.45, 7) is 2.41. The first-order valence-corrected chi connectivity index (χ1v) is 8.70. The van der Waals surface area contributed by atoms with E-state index in [-0.39, 0.29) is 12.0 Å². The number of benzene rings is 2. The summed E-state index contributed by atoms with van der Waals surface area (Å²) in [5, 5.41) is 3.49. The number of carbonyl (C=O) groups excluding carboxylic acids is 2. The molecule has 0 bridgehead atoms. The Morgan fingerprint density at radius 3 is 2.31 bits per heavy atom. The number of hydrogen-bond acceptors (Lipinski definition) is 4. The highest BCUT2D eigenvalue weighted by atomic mass is 35.5. The third kappa shape index (κ3) is 4.08. The Bertz CT molecular complexity index is 787. The maximum Gasteiger partial charge on any atom is 0.339 e. The number of piperazine rings is 1. The maximum absolute atomic E-state index is 12.4. The van der Waals surface area contributed by atoms with E-state index in [1.165, 1.54) is 7.11 Å². The molecule has 2 aromatic carbocycles. The molecular weight excluding hydrogens is 354 g/mol. The molecule has 2 amide bonds. The first kappa shape index (κ1) is 18.1. The van der Waals surface area contributed by atoms with Crippen LogP contribution in [0.15, 0.2) is 48.5 Å². The molecule has 0 aliphatic carbocycles. The second-order valence-corrected chi connectivity index (χ2v) is 6.36. The smallest absolute Gasteiger partial charge is 0.339 e. The molecule has 1 aliphatic rings. The van der Waals surface area contributed by atoms with E-state index in [4.69, 9.17) is 16.3 Å². The Kier molecular flexibility index (Phi) is 5.63. The van der Waals surface area contributed by atoms with Crippen LogP contribution in [0.2, 0.25) is 5.02 Å². The number of carbonyl (C=O) groups is 2. The Morgan fingerprint density at radius 1 is 1.00 bits per heavy atom. The minimum Gasteiger partial charge on any atom is -0.465 e. The number of nitrogens with zero attached hydrogens (tertiary/aromatic N) is 2. The average molecular weight is 374 g/mol. The minimum absolute atomic E-state index is 0.145. The van der Waals surface area contributed by atoms with E-state index < -0.39 is 0 Å². The zero-order valence-electron chi connectivity index (χ0n) is 14.4. The van der Waals surface area contributed by atoms with Crippen molar-refractivity contribution in [2.75, 3.05) is 43.5 Å². The van der Waals surface area contributed by atoms with Crippen molar-refractivity contribution in [2.24, 2.45) is 0 Å². The largest absolute Gasteiger partial charge is 0.465 e. The van der Waals surface area contributed by atoms with Crippen LogP contribution in [0.5, 0.6) is 0 Å². The van der Waals surface area contributed by atoms with Gasteiger partial charge in [-0.2, -0.15) is 0 Å². The van der Waals surface area contributed by atoms with E-state index in [0.717, 1.165) is 5.69 Å². The summed E-state index contributed by atoms with van der Waals surface area (Å²) < 4.78 is 4.85. The van der Waals surface area contributed by atoms with Crippen LogP contribution in [0, 0.1) is 0 Å². The molecule has 26 heavy (non-hydrogen) atoms. The van der Waals surface area contributed by atoms with Gasteiger partial charge < -0.3 is 19.9 Å². The van der Waals surface area contributed by atoms with Gasteiger partial charge in [-0.05, 0) is 36.4 Å². The highest BCUT2D eigenvalue weighted by Crippen LogP contribution is 2.23. The van der Waals surface area contributed by atoms with Gasteiger partial charge in [-0.15, -0.1) is 0 Å². The van der Waals surface area contributed by atoms with Crippen molar-refractivity contribution in [3.8, 4) is 0 Å². The summed E-state index contributed by atoms with van der Waals surface area (Å²) in [6, 6.07) is 14.2. The van der Waals surface area contributed by atoms with Crippen LogP contribution in [-0.4, -0.2) is 50.2 Å². The highest BCUT2D eigenvalue weighted by molar-refractivity contribution is 6.30. The number of amides is 2. The number of methoxy groups -OCH3 is 1. The fraction of sp³-hybridized carbons (Fsp3) is 0.263. The second-order valence-electron chi connectivity index (χ2n) is 5.92. The summed E-state index contributed by atoms with van der Waals surface area (Å²) >= 11 is 5.86. The highest BCUT2D eigenvalue weighted by Gasteiger charge is 2.24. The number of nitrogens with one attached hydrogen (secondary N) is 1. The van der Waals surface area contributed by atoms with Gasteiger partial charge in [0.25, 0.3) is 0 Å². The molecule has 0 spiro atoms. The molecule has 3 rings (SSSR count). The van der Waals surface area contributed by atoms with E-state index in [9.17, 15) is 9.59 Å². The van der Waals surface area contributed by atoms with Gasteiger partial charge in [-0.25, -0.2) is 9.59 Å². The van der Waals surface area contributed by atoms with Crippen LogP contribution in [0.4, 0.5) is 16.2 Å². The normalized spacial score (nSPS) is 14.1. The van der Waals surface area contributed by atoms with E-state index >= 15 is 0 Å². The van der Waals surface area contributed by atoms with Crippen LogP contribution >= 0.6 is 11.6 Å². The van der Waals surface area contributed by atoms with Crippen molar-refractivity contribution in [1.29, 1.82) is 0 Å². The first-order valence-electron chi connectivity index (χ1n) is 8.32. The molecule has 7 heteroatoms. The lowest BCUT2D eigenvalue weighted by atomic mass is 10.1. The summed E-state index contributed by atoms with van der Waals surface area (Å²) in [5.74, 6) is -0.358. The van der Waals surface area contributed by atoms with Crippen LogP contribution in [0.3, 0.4) is 0 Å².